The van der Waals surface area contributed by atoms with Gasteiger partial charge in [-0.2, -0.15) is 0 Å². The van der Waals surface area contributed by atoms with Gasteiger partial charge in [-0.25, -0.2) is 0 Å². The maximum atomic E-state index is 11.7. The number of hydrogen-bond acceptors (Lipinski definition) is 4. The Balaban J connectivity index is 3.94. The first-order chi connectivity index (χ1) is 7.64. The molecule has 0 radical (unpaired) electrons. The number of carbonyl (C=O) groups is 1. The van der Waals surface area contributed by atoms with Gasteiger partial charge in [0.15, 0.2) is 11.8 Å². The molecule has 0 bridgehead atoms. The average Bonchev–Trinajstić information content (AvgIpc) is 2.13. The molecule has 1 amide bonds. The summed E-state index contributed by atoms with van der Waals surface area (Å²) in [6, 6.07) is 0. The predicted octanol–water partition coefficient (Wildman–Crippen LogP) is 2.17. The third kappa shape index (κ3) is 6.71. The summed E-state index contributed by atoms with van der Waals surface area (Å²) in [6.07, 6.45) is 0.304. The SMILES string of the molecule is CC(=N)OC(=N)CCNC(=O)C(C)C(C)(C)C. The van der Waals surface area contributed by atoms with E-state index in [1.165, 1.54) is 6.92 Å². The molecule has 0 aromatic heterocycles. The zero-order chi connectivity index (χ0) is 13.6. The molecule has 0 aromatic rings. The van der Waals surface area contributed by atoms with Crippen LogP contribution in [0.4, 0.5) is 0 Å². The Morgan fingerprint density at radius 3 is 2.29 bits per heavy atom. The van der Waals surface area contributed by atoms with Crippen molar-refractivity contribution >= 4 is 17.7 Å². The number of nitrogens with one attached hydrogen (secondary N) is 3. The van der Waals surface area contributed by atoms with Gasteiger partial charge in [0.2, 0.25) is 5.91 Å². The molecule has 0 aromatic carbocycles. The predicted molar refractivity (Wildman–Crippen MR) is 68.5 cm³/mol. The van der Waals surface area contributed by atoms with Gasteiger partial charge >= 0.3 is 0 Å². The van der Waals surface area contributed by atoms with Gasteiger partial charge in [-0.3, -0.25) is 15.6 Å². The van der Waals surface area contributed by atoms with Crippen LogP contribution in [0.25, 0.3) is 0 Å². The Labute approximate surface area is 103 Å². The monoisotopic (exact) mass is 241 g/mol. The largest absolute Gasteiger partial charge is 0.430 e. The number of carbonyl (C=O) groups excluding carboxylic acids is 1. The zero-order valence-electron chi connectivity index (χ0n) is 11.3. The molecule has 17 heavy (non-hydrogen) atoms. The van der Waals surface area contributed by atoms with E-state index in [1.807, 2.05) is 27.7 Å². The Bertz CT molecular complexity index is 305. The molecule has 0 aliphatic heterocycles. The molecule has 98 valence electrons. The summed E-state index contributed by atoms with van der Waals surface area (Å²) >= 11 is 0. The van der Waals surface area contributed by atoms with Crippen LogP contribution in [0.3, 0.4) is 0 Å². The molecular weight excluding hydrogens is 218 g/mol. The van der Waals surface area contributed by atoms with E-state index in [0.29, 0.717) is 13.0 Å². The van der Waals surface area contributed by atoms with E-state index in [1.54, 1.807) is 0 Å². The standard InChI is InChI=1S/C12H23N3O2/c1-8(12(3,4)5)11(16)15-7-6-10(14)17-9(2)13/h8,13-14H,6-7H2,1-5H3,(H,15,16). The fourth-order valence-corrected chi connectivity index (χ4v) is 1.08. The summed E-state index contributed by atoms with van der Waals surface area (Å²) in [5.41, 5.74) is -0.0698. The first kappa shape index (κ1) is 15.6. The Kier molecular flexibility index (Phi) is 5.85. The maximum absolute atomic E-state index is 11.7. The fourth-order valence-electron chi connectivity index (χ4n) is 1.08. The lowest BCUT2D eigenvalue weighted by Gasteiger charge is -2.26. The Hall–Kier alpha value is -1.39. The second kappa shape index (κ2) is 6.37. The first-order valence-corrected chi connectivity index (χ1v) is 5.72. The van der Waals surface area contributed by atoms with E-state index < -0.39 is 0 Å². The molecule has 1 unspecified atom stereocenters. The zero-order valence-corrected chi connectivity index (χ0v) is 11.3. The minimum absolute atomic E-state index is 0.00112. The summed E-state index contributed by atoms with van der Waals surface area (Å²) in [7, 11) is 0. The third-order valence-electron chi connectivity index (χ3n) is 2.62. The van der Waals surface area contributed by atoms with Gasteiger partial charge in [0.05, 0.1) is 0 Å². The van der Waals surface area contributed by atoms with Crippen molar-refractivity contribution < 1.29 is 9.53 Å². The van der Waals surface area contributed by atoms with Crippen LogP contribution >= 0.6 is 0 Å². The second-order valence-electron chi connectivity index (χ2n) is 5.21. The molecule has 0 rings (SSSR count). The van der Waals surface area contributed by atoms with E-state index in [9.17, 15) is 4.79 Å². The van der Waals surface area contributed by atoms with Crippen LogP contribution in [0.5, 0.6) is 0 Å². The summed E-state index contributed by atoms with van der Waals surface area (Å²) in [5, 5.41) is 17.2. The molecule has 5 heteroatoms. The summed E-state index contributed by atoms with van der Waals surface area (Å²) in [6.45, 7) is 9.77. The van der Waals surface area contributed by atoms with Gasteiger partial charge in [-0.15, -0.1) is 0 Å². The van der Waals surface area contributed by atoms with Crippen molar-refractivity contribution in [3.05, 3.63) is 0 Å². The molecule has 0 spiro atoms. The van der Waals surface area contributed by atoms with Gasteiger partial charge in [0.1, 0.15) is 0 Å². The van der Waals surface area contributed by atoms with Crippen molar-refractivity contribution in [2.24, 2.45) is 11.3 Å². The van der Waals surface area contributed by atoms with Crippen molar-refractivity contribution in [3.63, 3.8) is 0 Å². The lowest BCUT2D eigenvalue weighted by atomic mass is 9.81. The number of ether oxygens (including phenoxy) is 1. The highest BCUT2D eigenvalue weighted by Crippen LogP contribution is 2.25. The minimum atomic E-state index is -0.0814. The highest BCUT2D eigenvalue weighted by molar-refractivity contribution is 5.87. The highest BCUT2D eigenvalue weighted by Gasteiger charge is 2.26. The number of amides is 1. The maximum Gasteiger partial charge on any atom is 0.223 e. The van der Waals surface area contributed by atoms with E-state index in [2.05, 4.69) is 5.32 Å². The summed E-state index contributed by atoms with van der Waals surface area (Å²) in [5.74, 6) is -0.107. The molecule has 0 heterocycles. The van der Waals surface area contributed by atoms with Crippen LogP contribution in [0.1, 0.15) is 41.0 Å². The molecule has 1 atom stereocenters. The Morgan fingerprint density at radius 2 is 1.88 bits per heavy atom. The van der Waals surface area contributed by atoms with Gasteiger partial charge in [0.25, 0.3) is 0 Å². The van der Waals surface area contributed by atoms with E-state index in [-0.39, 0.29) is 29.0 Å². The molecular formula is C12H23N3O2. The van der Waals surface area contributed by atoms with Crippen molar-refractivity contribution in [2.75, 3.05) is 6.54 Å². The van der Waals surface area contributed by atoms with Gasteiger partial charge in [-0.1, -0.05) is 27.7 Å². The summed E-state index contributed by atoms with van der Waals surface area (Å²) < 4.78 is 4.78. The summed E-state index contributed by atoms with van der Waals surface area (Å²) in [4.78, 5) is 11.7. The van der Waals surface area contributed by atoms with Crippen LogP contribution < -0.4 is 5.32 Å². The molecule has 0 aliphatic rings. The van der Waals surface area contributed by atoms with Crippen LogP contribution in [0.15, 0.2) is 0 Å². The second-order valence-corrected chi connectivity index (χ2v) is 5.21. The third-order valence-corrected chi connectivity index (χ3v) is 2.62. The quantitative estimate of drug-likeness (QED) is 0.520. The van der Waals surface area contributed by atoms with Crippen molar-refractivity contribution in [1.29, 1.82) is 10.8 Å². The van der Waals surface area contributed by atoms with Crippen molar-refractivity contribution in [2.45, 2.75) is 41.0 Å². The molecule has 0 saturated carbocycles. The van der Waals surface area contributed by atoms with Crippen molar-refractivity contribution in [1.82, 2.24) is 5.32 Å². The van der Waals surface area contributed by atoms with Crippen molar-refractivity contribution in [3.8, 4) is 0 Å². The lowest BCUT2D eigenvalue weighted by Crippen LogP contribution is -2.37. The number of hydrogen-bond donors (Lipinski definition) is 3. The van der Waals surface area contributed by atoms with Crippen LogP contribution in [0.2, 0.25) is 0 Å². The van der Waals surface area contributed by atoms with Gasteiger partial charge in [0, 0.05) is 25.8 Å². The molecule has 3 N–H and O–H groups in total. The smallest absolute Gasteiger partial charge is 0.223 e. The van der Waals surface area contributed by atoms with Gasteiger partial charge < -0.3 is 10.1 Å². The van der Waals surface area contributed by atoms with Gasteiger partial charge in [-0.05, 0) is 5.41 Å². The highest BCUT2D eigenvalue weighted by atomic mass is 16.5. The molecule has 5 nitrogen and oxygen atoms in total. The normalized spacial score (nSPS) is 12.8. The number of rotatable bonds is 4. The van der Waals surface area contributed by atoms with Crippen LogP contribution in [0, 0.1) is 22.2 Å². The Morgan fingerprint density at radius 1 is 1.35 bits per heavy atom. The fraction of sp³-hybridized carbons (Fsp3) is 0.750. The van der Waals surface area contributed by atoms with Crippen LogP contribution in [-0.2, 0) is 9.53 Å². The van der Waals surface area contributed by atoms with E-state index in [4.69, 9.17) is 15.6 Å². The van der Waals surface area contributed by atoms with E-state index in [0.717, 1.165) is 0 Å². The van der Waals surface area contributed by atoms with E-state index >= 15 is 0 Å². The lowest BCUT2D eigenvalue weighted by molar-refractivity contribution is -0.127. The topological polar surface area (TPSA) is 86.0 Å². The van der Waals surface area contributed by atoms with Crippen LogP contribution in [-0.4, -0.2) is 24.2 Å². The first-order valence-electron chi connectivity index (χ1n) is 5.72. The average molecular weight is 241 g/mol. The molecule has 0 aliphatic carbocycles. The molecule has 0 saturated heterocycles. The molecule has 0 fully saturated rings. The minimum Gasteiger partial charge on any atom is -0.430 e.